The van der Waals surface area contributed by atoms with Crippen LogP contribution in [0.15, 0.2) is 18.2 Å². The van der Waals surface area contributed by atoms with Gasteiger partial charge in [-0.3, -0.25) is 0 Å². The fourth-order valence-electron chi connectivity index (χ4n) is 8.61. The van der Waals surface area contributed by atoms with Crippen LogP contribution in [-0.2, 0) is 18.3 Å². The minimum absolute atomic E-state index is 0.0445. The van der Waals surface area contributed by atoms with Gasteiger partial charge in [-0.15, -0.1) is 0 Å². The molecule has 2 aromatic rings. The van der Waals surface area contributed by atoms with Crippen molar-refractivity contribution in [2.45, 2.75) is 103 Å². The Bertz CT molecular complexity index is 1200. The Kier molecular flexibility index (Phi) is 5.00. The summed E-state index contributed by atoms with van der Waals surface area (Å²) in [7, 11) is 3.77. The molecule has 1 spiro atoms. The Labute approximate surface area is 207 Å². The van der Waals surface area contributed by atoms with E-state index in [0.29, 0.717) is 17.2 Å². The van der Waals surface area contributed by atoms with E-state index in [2.05, 4.69) is 80.5 Å². The van der Waals surface area contributed by atoms with Gasteiger partial charge in [-0.05, 0) is 0 Å². The molecule has 0 amide bonds. The molecule has 3 aliphatic rings. The van der Waals surface area contributed by atoms with Gasteiger partial charge in [0.1, 0.15) is 0 Å². The summed E-state index contributed by atoms with van der Waals surface area (Å²) in [5.74, 6) is 2.80. The Balaban J connectivity index is 2.05. The summed E-state index contributed by atoms with van der Waals surface area (Å²) in [4.78, 5) is 0. The van der Waals surface area contributed by atoms with E-state index in [4.69, 9.17) is 9.47 Å². The first-order valence-corrected chi connectivity index (χ1v) is 15.7. The van der Waals surface area contributed by atoms with Crippen molar-refractivity contribution in [3.8, 4) is 22.6 Å². The molecule has 34 heavy (non-hydrogen) atoms. The fraction of sp³-hybridized carbons (Fsp3) is 0.613. The molecule has 1 fully saturated rings. The van der Waals surface area contributed by atoms with E-state index in [1.54, 1.807) is 10.9 Å². The van der Waals surface area contributed by atoms with Gasteiger partial charge < -0.3 is 0 Å². The summed E-state index contributed by atoms with van der Waals surface area (Å²) in [6.07, 6.45) is 3.61. The molecule has 2 nitrogen and oxygen atoms in total. The first-order valence-electron chi connectivity index (χ1n) is 13.2. The van der Waals surface area contributed by atoms with E-state index in [9.17, 15) is 0 Å². The van der Waals surface area contributed by atoms with Crippen LogP contribution in [0, 0.1) is 0 Å². The van der Waals surface area contributed by atoms with Crippen molar-refractivity contribution in [3.63, 3.8) is 0 Å². The van der Waals surface area contributed by atoms with Crippen molar-refractivity contribution in [3.05, 3.63) is 40.5 Å². The molecule has 3 heteroatoms. The molecular formula is C31H45O2P. The molecule has 2 aliphatic heterocycles. The molecular weight excluding hydrogens is 435 g/mol. The normalized spacial score (nSPS) is 27.3. The van der Waals surface area contributed by atoms with Gasteiger partial charge in [0.15, 0.2) is 0 Å². The molecule has 2 aromatic carbocycles. The standard InChI is InChI=1S/C31H45O2P/c1-18-12-22-14-21(18)15-23-13-19(2)34(17-20(34)3,31(7,8)9)29-25(32-10)16-24(30(4,5)6)28(33-11)27(29)26(22)23/h14-16,18-20H,12-13,17H2,1-11H3. The van der Waals surface area contributed by atoms with Crippen LogP contribution < -0.4 is 14.8 Å². The summed E-state index contributed by atoms with van der Waals surface area (Å²) in [5, 5.41) is 1.75. The minimum atomic E-state index is -2.42. The van der Waals surface area contributed by atoms with Crippen LogP contribution in [0.2, 0.25) is 0 Å². The van der Waals surface area contributed by atoms with Crippen LogP contribution in [-0.4, -0.2) is 36.9 Å². The van der Waals surface area contributed by atoms with Crippen LogP contribution in [0.5, 0.6) is 11.5 Å². The second kappa shape index (κ2) is 7.03. The topological polar surface area (TPSA) is 18.5 Å². The molecule has 3 atom stereocenters. The molecule has 0 aromatic heterocycles. The predicted molar refractivity (Wildman–Crippen MR) is 150 cm³/mol. The molecule has 1 aliphatic carbocycles. The maximum absolute atomic E-state index is 6.44. The van der Waals surface area contributed by atoms with Crippen LogP contribution in [0.1, 0.15) is 90.5 Å². The van der Waals surface area contributed by atoms with Gasteiger partial charge in [-0.25, -0.2) is 0 Å². The summed E-state index contributed by atoms with van der Waals surface area (Å²) < 4.78 is 12.8. The Morgan fingerprint density at radius 1 is 0.794 bits per heavy atom. The number of hydrogen-bond acceptors (Lipinski definition) is 2. The Morgan fingerprint density at radius 3 is 1.85 bits per heavy atom. The van der Waals surface area contributed by atoms with Gasteiger partial charge in [0.05, 0.1) is 0 Å². The average Bonchev–Trinajstić information content (AvgIpc) is 3.31. The SMILES string of the molecule is COc1cc(C(C)(C)C)c(OC)c2c1P1(C(C)(C)C)(CC1C)C(C)Cc1cc3cc(c1-2)CC3C. The van der Waals surface area contributed by atoms with Gasteiger partial charge in [0.2, 0.25) is 0 Å². The number of hydrogen-bond donors (Lipinski definition) is 0. The van der Waals surface area contributed by atoms with E-state index in [-0.39, 0.29) is 10.6 Å². The van der Waals surface area contributed by atoms with E-state index < -0.39 is 6.60 Å². The van der Waals surface area contributed by atoms with Gasteiger partial charge in [0.25, 0.3) is 0 Å². The molecule has 3 unspecified atom stereocenters. The summed E-state index contributed by atoms with van der Waals surface area (Å²) in [6.45, 7) is 19.5. The first-order chi connectivity index (χ1) is 15.7. The molecule has 2 bridgehead atoms. The number of methoxy groups -OCH3 is 2. The third-order valence-corrected chi connectivity index (χ3v) is 20.2. The first kappa shape index (κ1) is 24.2. The number of fused-ring (bicyclic) bond motifs is 7. The zero-order valence-electron chi connectivity index (χ0n) is 23.3. The second-order valence-corrected chi connectivity index (χ2v) is 20.5. The van der Waals surface area contributed by atoms with E-state index in [1.165, 1.54) is 34.0 Å². The number of benzene rings is 2. The third-order valence-electron chi connectivity index (χ3n) is 10.3. The number of ether oxygens (including phenoxy) is 2. The van der Waals surface area contributed by atoms with Gasteiger partial charge >= 0.3 is 208 Å². The molecule has 0 N–H and O–H groups in total. The van der Waals surface area contributed by atoms with Crippen molar-refractivity contribution < 1.29 is 9.47 Å². The molecule has 5 rings (SSSR count). The predicted octanol–water partition coefficient (Wildman–Crippen LogP) is 7.65. The molecule has 0 radical (unpaired) electrons. The van der Waals surface area contributed by atoms with Crippen LogP contribution >= 0.6 is 6.60 Å². The quantitative estimate of drug-likeness (QED) is 0.411. The van der Waals surface area contributed by atoms with Crippen molar-refractivity contribution in [1.82, 2.24) is 0 Å². The molecule has 2 heterocycles. The zero-order chi connectivity index (χ0) is 25.0. The zero-order valence-corrected chi connectivity index (χ0v) is 24.2. The third kappa shape index (κ3) is 2.62. The summed E-state index contributed by atoms with van der Waals surface area (Å²) in [5.41, 5.74) is 9.98. The maximum atomic E-state index is 6.44. The van der Waals surface area contributed by atoms with Crippen LogP contribution in [0.4, 0.5) is 0 Å². The van der Waals surface area contributed by atoms with Gasteiger partial charge in [-0.2, -0.15) is 0 Å². The van der Waals surface area contributed by atoms with E-state index in [1.807, 2.05) is 14.2 Å². The Morgan fingerprint density at radius 2 is 1.38 bits per heavy atom. The summed E-state index contributed by atoms with van der Waals surface area (Å²) in [6, 6.07) is 7.37. The van der Waals surface area contributed by atoms with Crippen molar-refractivity contribution >= 4 is 11.9 Å². The van der Waals surface area contributed by atoms with E-state index >= 15 is 0 Å². The second-order valence-electron chi connectivity index (χ2n) is 13.7. The summed E-state index contributed by atoms with van der Waals surface area (Å²) >= 11 is 0. The number of rotatable bonds is 2. The van der Waals surface area contributed by atoms with Crippen LogP contribution in [0.25, 0.3) is 11.1 Å². The molecule has 0 saturated carbocycles. The average molecular weight is 481 g/mol. The van der Waals surface area contributed by atoms with Crippen molar-refractivity contribution in [2.75, 3.05) is 20.4 Å². The molecule has 1 saturated heterocycles. The van der Waals surface area contributed by atoms with E-state index in [0.717, 1.165) is 24.3 Å². The molecule has 186 valence electrons. The van der Waals surface area contributed by atoms with Crippen LogP contribution in [0.3, 0.4) is 0 Å². The monoisotopic (exact) mass is 480 g/mol. The fourth-order valence-corrected chi connectivity index (χ4v) is 18.6. The Hall–Kier alpha value is -1.53. The van der Waals surface area contributed by atoms with Crippen molar-refractivity contribution in [1.29, 1.82) is 0 Å². The van der Waals surface area contributed by atoms with Gasteiger partial charge in [0, 0.05) is 0 Å². The van der Waals surface area contributed by atoms with Gasteiger partial charge in [-0.1, -0.05) is 0 Å². The van der Waals surface area contributed by atoms with Crippen molar-refractivity contribution in [2.24, 2.45) is 0 Å².